The van der Waals surface area contributed by atoms with E-state index in [0.29, 0.717) is 55.8 Å². The minimum absolute atomic E-state index is 0.0232. The quantitative estimate of drug-likeness (QED) is 0.219. The summed E-state index contributed by atoms with van der Waals surface area (Å²) in [7, 11) is 0. The molecule has 0 unspecified atom stereocenters. The monoisotopic (exact) mass is 615 g/mol. The zero-order chi connectivity index (χ0) is 32.1. The van der Waals surface area contributed by atoms with E-state index in [1.165, 1.54) is 9.13 Å². The highest BCUT2D eigenvalue weighted by molar-refractivity contribution is 6.11. The number of hydrogen-bond donors (Lipinski definition) is 1. The number of ketones is 1. The summed E-state index contributed by atoms with van der Waals surface area (Å²) in [4.78, 5) is 66.4. The minimum atomic E-state index is -0.498. The second kappa shape index (κ2) is 11.1. The smallest absolute Gasteiger partial charge is 0.266 e. The Morgan fingerprint density at radius 2 is 1.04 bits per heavy atom. The summed E-state index contributed by atoms with van der Waals surface area (Å²) in [5.41, 5.74) is 2.33. The molecule has 1 N–H and O–H groups in total. The number of Topliss-reactive ketones (excluding diaryl/α,β-unsaturated/α-hetero) is 1. The number of fused-ring (bicyclic) bond motifs is 10. The van der Waals surface area contributed by atoms with Crippen LogP contribution in [0, 0.1) is 0 Å². The Morgan fingerprint density at radius 3 is 1.77 bits per heavy atom. The van der Waals surface area contributed by atoms with Crippen molar-refractivity contribution in [3.05, 3.63) is 159 Å². The van der Waals surface area contributed by atoms with E-state index in [1.807, 2.05) is 6.07 Å². The van der Waals surface area contributed by atoms with Crippen LogP contribution in [-0.4, -0.2) is 30.8 Å². The number of amides is 1. The van der Waals surface area contributed by atoms with Crippen LogP contribution in [0.25, 0.3) is 44.6 Å². The van der Waals surface area contributed by atoms with E-state index in [2.05, 4.69) is 5.32 Å². The Labute approximate surface area is 267 Å². The van der Waals surface area contributed by atoms with Crippen molar-refractivity contribution in [1.29, 1.82) is 0 Å². The van der Waals surface area contributed by atoms with Crippen molar-refractivity contribution in [1.82, 2.24) is 19.1 Å². The SMILES string of the molecule is O=C1CCc2nc3ccccc3c(=O)n2-c2ccccc2-c2nc3ccccc3c(=O)n2-c2ccccc2C(=O)Nc2ccccc21. The second-order valence-electron chi connectivity index (χ2n) is 11.2. The maximum atomic E-state index is 14.4. The van der Waals surface area contributed by atoms with Gasteiger partial charge in [0.1, 0.15) is 11.6 Å². The summed E-state index contributed by atoms with van der Waals surface area (Å²) in [6.45, 7) is 0. The van der Waals surface area contributed by atoms with Crippen molar-refractivity contribution in [2.24, 2.45) is 0 Å². The van der Waals surface area contributed by atoms with E-state index in [-0.39, 0.29) is 41.1 Å². The van der Waals surface area contributed by atoms with Gasteiger partial charge in [-0.15, -0.1) is 0 Å². The molecule has 0 saturated carbocycles. The van der Waals surface area contributed by atoms with Crippen LogP contribution in [-0.2, 0) is 6.42 Å². The lowest BCUT2D eigenvalue weighted by atomic mass is 10.0. The highest BCUT2D eigenvalue weighted by Gasteiger charge is 2.25. The number of aryl methyl sites for hydroxylation is 1. The molecular weight excluding hydrogens is 590 g/mol. The van der Waals surface area contributed by atoms with Crippen LogP contribution >= 0.6 is 0 Å². The molecule has 0 bridgehead atoms. The van der Waals surface area contributed by atoms with Crippen LogP contribution in [0.4, 0.5) is 5.69 Å². The first-order valence-corrected chi connectivity index (χ1v) is 15.1. The third-order valence-electron chi connectivity index (χ3n) is 8.45. The van der Waals surface area contributed by atoms with E-state index in [1.54, 1.807) is 115 Å². The number of rotatable bonds is 0. The van der Waals surface area contributed by atoms with Gasteiger partial charge in [0, 0.05) is 24.0 Å². The maximum Gasteiger partial charge on any atom is 0.266 e. The van der Waals surface area contributed by atoms with Gasteiger partial charge in [0.15, 0.2) is 5.78 Å². The molecule has 0 radical (unpaired) electrons. The molecule has 0 atom stereocenters. The van der Waals surface area contributed by atoms with Gasteiger partial charge in [-0.2, -0.15) is 0 Å². The molecule has 1 aliphatic heterocycles. The molecule has 8 rings (SSSR count). The van der Waals surface area contributed by atoms with Crippen molar-refractivity contribution in [3.63, 3.8) is 0 Å². The first kappa shape index (κ1) is 28.0. The average Bonchev–Trinajstić information content (AvgIpc) is 3.11. The van der Waals surface area contributed by atoms with Gasteiger partial charge in [0.2, 0.25) is 0 Å². The first-order chi connectivity index (χ1) is 23.0. The van der Waals surface area contributed by atoms with Crippen molar-refractivity contribution in [2.75, 3.05) is 5.32 Å². The molecule has 0 spiro atoms. The summed E-state index contributed by atoms with van der Waals surface area (Å²) in [5.74, 6) is -0.107. The largest absolute Gasteiger partial charge is 0.321 e. The third kappa shape index (κ3) is 4.64. The summed E-state index contributed by atoms with van der Waals surface area (Å²) >= 11 is 0. The number of aromatic nitrogens is 4. The van der Waals surface area contributed by atoms with Gasteiger partial charge in [-0.1, -0.05) is 60.7 Å². The van der Waals surface area contributed by atoms with Crippen LogP contribution < -0.4 is 16.4 Å². The van der Waals surface area contributed by atoms with Crippen LogP contribution in [0.5, 0.6) is 0 Å². The van der Waals surface area contributed by atoms with Gasteiger partial charge in [-0.3, -0.25) is 28.3 Å². The summed E-state index contributed by atoms with van der Waals surface area (Å²) in [5, 5.41) is 3.68. The van der Waals surface area contributed by atoms with E-state index in [0.717, 1.165) is 0 Å². The highest BCUT2D eigenvalue weighted by atomic mass is 16.2. The predicted octanol–water partition coefficient (Wildman–Crippen LogP) is 6.13. The lowest BCUT2D eigenvalue weighted by Gasteiger charge is -2.20. The predicted molar refractivity (Wildman–Crippen MR) is 181 cm³/mol. The first-order valence-electron chi connectivity index (χ1n) is 15.1. The number of nitrogens with one attached hydrogen (secondary N) is 1. The fourth-order valence-electron chi connectivity index (χ4n) is 6.23. The van der Waals surface area contributed by atoms with E-state index >= 15 is 0 Å². The van der Waals surface area contributed by atoms with Crippen LogP contribution in [0.15, 0.2) is 131 Å². The Balaban J connectivity index is 1.53. The lowest BCUT2D eigenvalue weighted by Crippen LogP contribution is -2.27. The summed E-state index contributed by atoms with van der Waals surface area (Å²) in [6, 6.07) is 34.8. The molecule has 1 amide bonds. The maximum absolute atomic E-state index is 14.4. The fourth-order valence-corrected chi connectivity index (χ4v) is 6.23. The standard InChI is InChI=1S/C38H25N5O4/c44-33-21-22-34-39-29-17-7-2-12-24(29)37(46)42(34)31-19-9-4-14-26(31)35-40-30-18-8-3-13-25(30)38(47)43(35)32-20-10-5-15-27(32)36(45)41-28-16-6-1-11-23(28)33/h1-20H,21-22H2,(H,41,45). The van der Waals surface area contributed by atoms with Crippen molar-refractivity contribution < 1.29 is 9.59 Å². The number of benzene rings is 5. The lowest BCUT2D eigenvalue weighted by molar-refractivity contribution is 0.0982. The zero-order valence-corrected chi connectivity index (χ0v) is 24.9. The molecule has 2 aromatic heterocycles. The molecule has 9 nitrogen and oxygen atoms in total. The molecule has 3 heterocycles. The molecule has 9 heteroatoms. The third-order valence-corrected chi connectivity index (χ3v) is 8.45. The molecule has 1 aliphatic rings. The van der Waals surface area contributed by atoms with Gasteiger partial charge in [0.05, 0.1) is 44.4 Å². The number of nitrogens with zero attached hydrogens (tertiary/aromatic N) is 4. The molecule has 0 saturated heterocycles. The van der Waals surface area contributed by atoms with Gasteiger partial charge in [-0.05, 0) is 60.7 Å². The van der Waals surface area contributed by atoms with E-state index in [9.17, 15) is 19.2 Å². The Bertz CT molecular complexity index is 2550. The Hall–Kier alpha value is -6.48. The van der Waals surface area contributed by atoms with Crippen molar-refractivity contribution >= 4 is 39.2 Å². The number of anilines is 1. The van der Waals surface area contributed by atoms with E-state index < -0.39 is 5.91 Å². The number of carbonyl (C=O) groups excluding carboxylic acids is 2. The Morgan fingerprint density at radius 1 is 0.511 bits per heavy atom. The zero-order valence-electron chi connectivity index (χ0n) is 24.9. The highest BCUT2D eigenvalue weighted by Crippen LogP contribution is 2.31. The van der Waals surface area contributed by atoms with Crippen molar-refractivity contribution in [3.8, 4) is 22.8 Å². The average molecular weight is 616 g/mol. The molecular formula is C38H25N5O4. The topological polar surface area (TPSA) is 116 Å². The van der Waals surface area contributed by atoms with Crippen LogP contribution in [0.3, 0.4) is 0 Å². The minimum Gasteiger partial charge on any atom is -0.321 e. The number of para-hydroxylation sites is 5. The summed E-state index contributed by atoms with van der Waals surface area (Å²) in [6.07, 6.45) is 0.156. The molecule has 0 fully saturated rings. The Kier molecular flexibility index (Phi) is 6.65. The van der Waals surface area contributed by atoms with Gasteiger partial charge < -0.3 is 5.32 Å². The van der Waals surface area contributed by atoms with Crippen LogP contribution in [0.2, 0.25) is 0 Å². The molecule has 7 aromatic rings. The molecule has 226 valence electrons. The van der Waals surface area contributed by atoms with E-state index in [4.69, 9.17) is 9.97 Å². The second-order valence-corrected chi connectivity index (χ2v) is 11.2. The molecule has 5 aromatic carbocycles. The molecule has 0 aliphatic carbocycles. The number of carbonyl (C=O) groups is 2. The van der Waals surface area contributed by atoms with Crippen LogP contribution in [0.1, 0.15) is 33.0 Å². The van der Waals surface area contributed by atoms with Gasteiger partial charge in [-0.25, -0.2) is 9.97 Å². The van der Waals surface area contributed by atoms with Gasteiger partial charge in [0.25, 0.3) is 17.0 Å². The number of hydrogen-bond acceptors (Lipinski definition) is 6. The fraction of sp³-hybridized carbons (Fsp3) is 0.0526. The summed E-state index contributed by atoms with van der Waals surface area (Å²) < 4.78 is 2.93. The van der Waals surface area contributed by atoms with Crippen molar-refractivity contribution in [2.45, 2.75) is 12.8 Å². The normalized spacial score (nSPS) is 12.9. The van der Waals surface area contributed by atoms with Gasteiger partial charge >= 0.3 is 0 Å². The molecule has 47 heavy (non-hydrogen) atoms.